The lowest BCUT2D eigenvalue weighted by atomic mass is 10.0. The number of hydrogen-bond donors (Lipinski definition) is 1. The second kappa shape index (κ2) is 38.8. The minimum absolute atomic E-state index is 0.137. The van der Waals surface area contributed by atoms with Crippen LogP contribution >= 0.6 is 0 Å². The highest BCUT2D eigenvalue weighted by Gasteiger charge is 2.14. The van der Waals surface area contributed by atoms with Crippen LogP contribution in [0, 0.1) is 0 Å². The van der Waals surface area contributed by atoms with Gasteiger partial charge < -0.3 is 14.6 Å². The van der Waals surface area contributed by atoms with Crippen LogP contribution < -0.4 is 0 Å². The van der Waals surface area contributed by atoms with Gasteiger partial charge in [-0.1, -0.05) is 209 Å². The monoisotopic (exact) mass is 669 g/mol. The molecule has 0 unspecified atom stereocenters. The van der Waals surface area contributed by atoms with Crippen molar-refractivity contribution in [2.24, 2.45) is 0 Å². The van der Waals surface area contributed by atoms with Crippen LogP contribution in [-0.2, 0) is 19.1 Å². The van der Waals surface area contributed by atoms with E-state index >= 15 is 0 Å². The van der Waals surface area contributed by atoms with Crippen molar-refractivity contribution in [1.82, 2.24) is 0 Å². The van der Waals surface area contributed by atoms with Gasteiger partial charge in [0.15, 0.2) is 6.10 Å². The third-order valence-corrected chi connectivity index (χ3v) is 8.24. The summed E-state index contributed by atoms with van der Waals surface area (Å²) in [7, 11) is 0. The molecule has 0 aliphatic carbocycles. The highest BCUT2D eigenvalue weighted by Crippen LogP contribution is 2.14. The van der Waals surface area contributed by atoms with Crippen molar-refractivity contribution in [2.45, 2.75) is 174 Å². The number of ether oxygens (including phenoxy) is 2. The third-order valence-electron chi connectivity index (χ3n) is 8.24. The molecule has 0 aliphatic heterocycles. The summed E-state index contributed by atoms with van der Waals surface area (Å²) in [5.41, 5.74) is 0. The molecule has 0 aromatic carbocycles. The van der Waals surface area contributed by atoms with Crippen LogP contribution in [0.1, 0.15) is 168 Å². The number of aliphatic hydroxyl groups is 1. The van der Waals surface area contributed by atoms with Gasteiger partial charge in [-0.2, -0.15) is 0 Å². The number of hydrogen-bond acceptors (Lipinski definition) is 5. The van der Waals surface area contributed by atoms with E-state index in [0.29, 0.717) is 6.42 Å². The summed E-state index contributed by atoms with van der Waals surface area (Å²) >= 11 is 0. The SMILES string of the molecule is CCCCCCCCCC=CC=CC=CC=CC=CC=CC(=O)O[C@@H](CO)COC(=O)CCCCCCCCCCCCCCCCC. The van der Waals surface area contributed by atoms with Crippen molar-refractivity contribution in [1.29, 1.82) is 0 Å². The molecule has 5 heteroatoms. The van der Waals surface area contributed by atoms with Crippen molar-refractivity contribution in [3.63, 3.8) is 0 Å². The Morgan fingerprint density at radius 2 is 0.917 bits per heavy atom. The Bertz CT molecular complexity index is 895. The molecule has 0 spiro atoms. The van der Waals surface area contributed by atoms with E-state index in [1.165, 1.54) is 128 Å². The summed E-state index contributed by atoms with van der Waals surface area (Å²) in [5.74, 6) is -0.907. The highest BCUT2D eigenvalue weighted by atomic mass is 16.6. The van der Waals surface area contributed by atoms with Crippen LogP contribution in [0.15, 0.2) is 72.9 Å². The number of unbranched alkanes of at least 4 members (excludes halogenated alkanes) is 21. The Kier molecular flexibility index (Phi) is 36.6. The summed E-state index contributed by atoms with van der Waals surface area (Å²) < 4.78 is 10.4. The predicted octanol–water partition coefficient (Wildman–Crippen LogP) is 12.2. The number of aliphatic hydroxyl groups excluding tert-OH is 1. The van der Waals surface area contributed by atoms with E-state index in [9.17, 15) is 14.7 Å². The van der Waals surface area contributed by atoms with Crippen molar-refractivity contribution >= 4 is 11.9 Å². The molecule has 0 saturated carbocycles. The van der Waals surface area contributed by atoms with Crippen molar-refractivity contribution in [3.05, 3.63) is 72.9 Å². The quantitative estimate of drug-likeness (QED) is 0.0320. The Morgan fingerprint density at radius 1 is 0.521 bits per heavy atom. The zero-order valence-corrected chi connectivity index (χ0v) is 31.0. The molecule has 0 aliphatic rings. The summed E-state index contributed by atoms with van der Waals surface area (Å²) in [6, 6.07) is 0. The largest absolute Gasteiger partial charge is 0.462 e. The molecule has 274 valence electrons. The highest BCUT2D eigenvalue weighted by molar-refractivity contribution is 5.82. The van der Waals surface area contributed by atoms with Gasteiger partial charge in [0.1, 0.15) is 6.61 Å². The van der Waals surface area contributed by atoms with E-state index in [-0.39, 0.29) is 12.6 Å². The Hall–Kier alpha value is -2.66. The molecule has 0 amide bonds. The lowest BCUT2D eigenvalue weighted by Crippen LogP contribution is -2.27. The average Bonchev–Trinajstić information content (AvgIpc) is 3.09. The molecule has 0 fully saturated rings. The van der Waals surface area contributed by atoms with E-state index < -0.39 is 18.7 Å². The van der Waals surface area contributed by atoms with Gasteiger partial charge in [0, 0.05) is 12.5 Å². The molecule has 0 aromatic rings. The number of carbonyl (C=O) groups excluding carboxylic acids is 2. The summed E-state index contributed by atoms with van der Waals surface area (Å²) in [5, 5.41) is 9.51. The minimum Gasteiger partial charge on any atom is -0.462 e. The fourth-order valence-electron chi connectivity index (χ4n) is 5.27. The Labute approximate surface area is 295 Å². The van der Waals surface area contributed by atoms with Gasteiger partial charge in [-0.15, -0.1) is 0 Å². The standard InChI is InChI=1S/C43H72O5/c1-3-5-7-9-11-13-15-17-19-20-21-22-24-26-28-30-32-34-36-38-43(46)48-41(39-44)40-47-42(45)37-35-33-31-29-27-25-23-18-16-14-12-10-8-6-4-2/h19-22,24,26,28,30,32,34,36,38,41,44H,3-18,23,25,27,29,31,33,35,37,39-40H2,1-2H3/t41-/m0/s1. The van der Waals surface area contributed by atoms with Crippen molar-refractivity contribution in [2.75, 3.05) is 13.2 Å². The molecule has 0 heterocycles. The van der Waals surface area contributed by atoms with E-state index in [2.05, 4.69) is 26.0 Å². The molecule has 1 N–H and O–H groups in total. The first-order chi connectivity index (χ1) is 23.6. The van der Waals surface area contributed by atoms with Crippen LogP contribution in [-0.4, -0.2) is 36.4 Å². The van der Waals surface area contributed by atoms with Crippen LogP contribution in [0.25, 0.3) is 0 Å². The summed E-state index contributed by atoms with van der Waals surface area (Å²) in [6.07, 6.45) is 51.6. The maximum absolute atomic E-state index is 12.1. The molecule has 0 radical (unpaired) electrons. The van der Waals surface area contributed by atoms with E-state index in [4.69, 9.17) is 9.47 Å². The first-order valence-corrected chi connectivity index (χ1v) is 19.6. The van der Waals surface area contributed by atoms with E-state index in [0.717, 1.165) is 25.7 Å². The fourth-order valence-corrected chi connectivity index (χ4v) is 5.27. The van der Waals surface area contributed by atoms with E-state index in [1.54, 1.807) is 12.2 Å². The molecule has 0 rings (SSSR count). The maximum Gasteiger partial charge on any atom is 0.331 e. The predicted molar refractivity (Wildman–Crippen MR) is 205 cm³/mol. The first kappa shape index (κ1) is 45.3. The van der Waals surface area contributed by atoms with Crippen LogP contribution in [0.2, 0.25) is 0 Å². The zero-order valence-electron chi connectivity index (χ0n) is 31.0. The molecular formula is C43H72O5. The summed E-state index contributed by atoms with van der Waals surface area (Å²) in [6.45, 7) is 3.98. The average molecular weight is 669 g/mol. The fraction of sp³-hybridized carbons (Fsp3) is 0.674. The second-order valence-corrected chi connectivity index (χ2v) is 12.9. The van der Waals surface area contributed by atoms with Gasteiger partial charge in [-0.05, 0) is 19.3 Å². The van der Waals surface area contributed by atoms with Gasteiger partial charge in [-0.3, -0.25) is 4.79 Å². The number of esters is 2. The lowest BCUT2D eigenvalue weighted by molar-refractivity contribution is -0.157. The number of rotatable bonds is 34. The lowest BCUT2D eigenvalue weighted by Gasteiger charge is -2.14. The topological polar surface area (TPSA) is 72.8 Å². The van der Waals surface area contributed by atoms with E-state index in [1.807, 2.05) is 42.5 Å². The Balaban J connectivity index is 3.81. The van der Waals surface area contributed by atoms with Crippen molar-refractivity contribution in [3.8, 4) is 0 Å². The molecule has 5 nitrogen and oxygen atoms in total. The second-order valence-electron chi connectivity index (χ2n) is 12.9. The Morgan fingerprint density at radius 3 is 1.38 bits per heavy atom. The molecule has 1 atom stereocenters. The molecule has 0 saturated heterocycles. The van der Waals surface area contributed by atoms with Gasteiger partial charge in [0.25, 0.3) is 0 Å². The minimum atomic E-state index is -0.871. The van der Waals surface area contributed by atoms with Crippen LogP contribution in [0.4, 0.5) is 0 Å². The molecule has 0 bridgehead atoms. The van der Waals surface area contributed by atoms with Gasteiger partial charge in [0.05, 0.1) is 6.61 Å². The first-order valence-electron chi connectivity index (χ1n) is 19.6. The van der Waals surface area contributed by atoms with Crippen molar-refractivity contribution < 1.29 is 24.2 Å². The molecule has 48 heavy (non-hydrogen) atoms. The van der Waals surface area contributed by atoms with Crippen LogP contribution in [0.5, 0.6) is 0 Å². The molecule has 0 aromatic heterocycles. The number of carbonyl (C=O) groups is 2. The van der Waals surface area contributed by atoms with Gasteiger partial charge in [-0.25, -0.2) is 4.79 Å². The number of allylic oxidation sites excluding steroid dienone is 11. The van der Waals surface area contributed by atoms with Gasteiger partial charge >= 0.3 is 11.9 Å². The normalized spacial score (nSPS) is 13.0. The summed E-state index contributed by atoms with van der Waals surface area (Å²) in [4.78, 5) is 24.1. The zero-order chi connectivity index (χ0) is 35.0. The molecular weight excluding hydrogens is 596 g/mol. The maximum atomic E-state index is 12.1. The van der Waals surface area contributed by atoms with Gasteiger partial charge in [0.2, 0.25) is 0 Å². The smallest absolute Gasteiger partial charge is 0.331 e. The van der Waals surface area contributed by atoms with Crippen LogP contribution in [0.3, 0.4) is 0 Å². The third kappa shape index (κ3) is 36.2.